The normalized spacial score (nSPS) is 24.3. The van der Waals surface area contributed by atoms with Crippen LogP contribution in [0, 0.1) is 12.8 Å². The summed E-state index contributed by atoms with van der Waals surface area (Å²) in [7, 11) is 0. The predicted octanol–water partition coefficient (Wildman–Crippen LogP) is 1.84. The number of nitrogens with zero attached hydrogens (tertiary/aromatic N) is 3. The first-order valence-electron chi connectivity index (χ1n) is 7.06. The predicted molar refractivity (Wildman–Crippen MR) is 72.7 cm³/mol. The minimum Gasteiger partial charge on any atom is -0.340 e. The van der Waals surface area contributed by atoms with Crippen molar-refractivity contribution in [1.82, 2.24) is 9.97 Å². The fourth-order valence-electron chi connectivity index (χ4n) is 2.81. The first-order chi connectivity index (χ1) is 8.78. The van der Waals surface area contributed by atoms with Crippen molar-refractivity contribution in [3.63, 3.8) is 0 Å². The number of rotatable bonds is 3. The van der Waals surface area contributed by atoms with E-state index in [9.17, 15) is 0 Å². The molecule has 0 bridgehead atoms. The third-order valence-electron chi connectivity index (χ3n) is 4.10. The van der Waals surface area contributed by atoms with Gasteiger partial charge in [0.2, 0.25) is 5.95 Å². The number of aromatic nitrogens is 2. The molecule has 2 fully saturated rings. The van der Waals surface area contributed by atoms with E-state index in [-0.39, 0.29) is 0 Å². The van der Waals surface area contributed by atoms with Crippen molar-refractivity contribution in [2.75, 3.05) is 24.5 Å². The summed E-state index contributed by atoms with van der Waals surface area (Å²) in [5, 5.41) is 0. The summed E-state index contributed by atoms with van der Waals surface area (Å²) in [5.74, 6) is 2.22. The minimum absolute atomic E-state index is 0.605. The number of nitrogens with two attached hydrogens (primary N) is 1. The molecule has 1 saturated heterocycles. The van der Waals surface area contributed by atoms with Gasteiger partial charge in [-0.05, 0) is 50.6 Å². The van der Waals surface area contributed by atoms with Gasteiger partial charge >= 0.3 is 0 Å². The van der Waals surface area contributed by atoms with Crippen LogP contribution in [0.15, 0.2) is 6.20 Å². The Morgan fingerprint density at radius 3 is 2.94 bits per heavy atom. The second-order valence-electron chi connectivity index (χ2n) is 5.70. The van der Waals surface area contributed by atoms with Crippen molar-refractivity contribution in [3.05, 3.63) is 17.5 Å². The van der Waals surface area contributed by atoms with E-state index in [0.29, 0.717) is 11.8 Å². The van der Waals surface area contributed by atoms with Gasteiger partial charge in [-0.3, -0.25) is 0 Å². The van der Waals surface area contributed by atoms with E-state index in [1.54, 1.807) is 0 Å². The summed E-state index contributed by atoms with van der Waals surface area (Å²) in [4.78, 5) is 11.6. The standard InChI is InChI=1S/C14H22N4/c1-10-8-16-14(17-13(10)12-4-5-12)18-6-2-3-11(7-15)9-18/h8,11-12H,2-7,9,15H2,1H3. The highest BCUT2D eigenvalue weighted by Crippen LogP contribution is 2.40. The van der Waals surface area contributed by atoms with Crippen LogP contribution < -0.4 is 10.6 Å². The van der Waals surface area contributed by atoms with Crippen LogP contribution in [0.25, 0.3) is 0 Å². The molecule has 1 aromatic rings. The van der Waals surface area contributed by atoms with Gasteiger partial charge in [-0.2, -0.15) is 0 Å². The average Bonchev–Trinajstić information content (AvgIpc) is 3.24. The van der Waals surface area contributed by atoms with Gasteiger partial charge in [-0.1, -0.05) is 0 Å². The van der Waals surface area contributed by atoms with Gasteiger partial charge in [0.25, 0.3) is 0 Å². The summed E-state index contributed by atoms with van der Waals surface area (Å²) in [6.45, 7) is 4.99. The molecule has 1 unspecified atom stereocenters. The molecule has 4 nitrogen and oxygen atoms in total. The fourth-order valence-corrected chi connectivity index (χ4v) is 2.81. The molecule has 2 N–H and O–H groups in total. The van der Waals surface area contributed by atoms with Crippen molar-refractivity contribution in [2.45, 2.75) is 38.5 Å². The van der Waals surface area contributed by atoms with E-state index in [1.165, 1.54) is 36.9 Å². The van der Waals surface area contributed by atoms with Crippen LogP contribution in [-0.2, 0) is 0 Å². The molecule has 1 saturated carbocycles. The van der Waals surface area contributed by atoms with Crippen molar-refractivity contribution in [1.29, 1.82) is 0 Å². The third kappa shape index (κ3) is 2.34. The minimum atomic E-state index is 0.605. The summed E-state index contributed by atoms with van der Waals surface area (Å²) in [6.07, 6.45) is 7.03. The van der Waals surface area contributed by atoms with Crippen molar-refractivity contribution in [3.8, 4) is 0 Å². The lowest BCUT2D eigenvalue weighted by atomic mass is 9.99. The Bertz CT molecular complexity index is 428. The summed E-state index contributed by atoms with van der Waals surface area (Å²) < 4.78 is 0. The van der Waals surface area contributed by atoms with E-state index < -0.39 is 0 Å². The van der Waals surface area contributed by atoms with E-state index in [4.69, 9.17) is 10.7 Å². The zero-order valence-electron chi connectivity index (χ0n) is 11.1. The largest absolute Gasteiger partial charge is 0.340 e. The molecule has 18 heavy (non-hydrogen) atoms. The average molecular weight is 246 g/mol. The van der Waals surface area contributed by atoms with Gasteiger partial charge in [0.15, 0.2) is 0 Å². The lowest BCUT2D eigenvalue weighted by Crippen LogP contribution is -2.39. The van der Waals surface area contributed by atoms with Gasteiger partial charge in [0, 0.05) is 25.2 Å². The maximum atomic E-state index is 5.79. The first kappa shape index (κ1) is 11.9. The van der Waals surface area contributed by atoms with Crippen LogP contribution in [0.4, 0.5) is 5.95 Å². The Kier molecular flexibility index (Phi) is 3.20. The lowest BCUT2D eigenvalue weighted by molar-refractivity contribution is 0.419. The molecule has 1 atom stereocenters. The molecule has 3 rings (SSSR count). The first-order valence-corrected chi connectivity index (χ1v) is 7.06. The van der Waals surface area contributed by atoms with E-state index in [2.05, 4.69) is 16.8 Å². The molecule has 4 heteroatoms. The van der Waals surface area contributed by atoms with Crippen molar-refractivity contribution >= 4 is 5.95 Å². The summed E-state index contributed by atoms with van der Waals surface area (Å²) in [6, 6.07) is 0. The maximum Gasteiger partial charge on any atom is 0.225 e. The molecular weight excluding hydrogens is 224 g/mol. The molecule has 1 aromatic heterocycles. The molecule has 0 spiro atoms. The summed E-state index contributed by atoms with van der Waals surface area (Å²) in [5.41, 5.74) is 8.31. The highest BCUT2D eigenvalue weighted by molar-refractivity contribution is 5.36. The molecule has 0 radical (unpaired) electrons. The molecule has 2 aliphatic rings. The lowest BCUT2D eigenvalue weighted by Gasteiger charge is -2.32. The second-order valence-corrected chi connectivity index (χ2v) is 5.70. The number of anilines is 1. The number of aryl methyl sites for hydroxylation is 1. The Balaban J connectivity index is 1.80. The van der Waals surface area contributed by atoms with Gasteiger partial charge < -0.3 is 10.6 Å². The second kappa shape index (κ2) is 4.84. The van der Waals surface area contributed by atoms with Crippen molar-refractivity contribution in [2.24, 2.45) is 11.7 Å². The van der Waals surface area contributed by atoms with Crippen LogP contribution in [-0.4, -0.2) is 29.6 Å². The molecule has 0 amide bonds. The van der Waals surface area contributed by atoms with Crippen LogP contribution >= 0.6 is 0 Å². The smallest absolute Gasteiger partial charge is 0.225 e. The van der Waals surface area contributed by atoms with Crippen LogP contribution in [0.2, 0.25) is 0 Å². The fraction of sp³-hybridized carbons (Fsp3) is 0.714. The van der Waals surface area contributed by atoms with Crippen molar-refractivity contribution < 1.29 is 0 Å². The van der Waals surface area contributed by atoms with Crippen LogP contribution in [0.5, 0.6) is 0 Å². The Morgan fingerprint density at radius 1 is 1.39 bits per heavy atom. The zero-order chi connectivity index (χ0) is 12.5. The highest BCUT2D eigenvalue weighted by atomic mass is 15.3. The SMILES string of the molecule is Cc1cnc(N2CCCC(CN)C2)nc1C1CC1. The molecule has 98 valence electrons. The monoisotopic (exact) mass is 246 g/mol. The van der Waals surface area contributed by atoms with E-state index in [0.717, 1.165) is 25.6 Å². The van der Waals surface area contributed by atoms with E-state index >= 15 is 0 Å². The topological polar surface area (TPSA) is 55.0 Å². The Labute approximate surface area is 109 Å². The number of piperidine rings is 1. The molecule has 0 aromatic carbocycles. The van der Waals surface area contributed by atoms with Gasteiger partial charge in [0.1, 0.15) is 0 Å². The van der Waals surface area contributed by atoms with E-state index in [1.807, 2.05) is 6.20 Å². The Morgan fingerprint density at radius 2 is 2.22 bits per heavy atom. The van der Waals surface area contributed by atoms with Gasteiger partial charge in [-0.25, -0.2) is 9.97 Å². The Hall–Kier alpha value is -1.16. The zero-order valence-corrected chi connectivity index (χ0v) is 11.1. The van der Waals surface area contributed by atoms with Crippen LogP contribution in [0.1, 0.15) is 42.9 Å². The molecule has 1 aliphatic heterocycles. The number of hydrogen-bond acceptors (Lipinski definition) is 4. The molecular formula is C14H22N4. The maximum absolute atomic E-state index is 5.79. The number of hydrogen-bond donors (Lipinski definition) is 1. The molecule has 1 aliphatic carbocycles. The van der Waals surface area contributed by atoms with Crippen LogP contribution in [0.3, 0.4) is 0 Å². The highest BCUT2D eigenvalue weighted by Gasteiger charge is 2.28. The third-order valence-corrected chi connectivity index (χ3v) is 4.10. The van der Waals surface area contributed by atoms with Gasteiger partial charge in [-0.15, -0.1) is 0 Å². The summed E-state index contributed by atoms with van der Waals surface area (Å²) >= 11 is 0. The van der Waals surface area contributed by atoms with Gasteiger partial charge in [0.05, 0.1) is 5.69 Å². The quantitative estimate of drug-likeness (QED) is 0.884. The molecule has 2 heterocycles.